The Morgan fingerprint density at radius 1 is 1.27 bits per heavy atom. The molecule has 0 amide bonds. The average Bonchev–Trinajstić information content (AvgIpc) is 1.99. The fraction of sp³-hybridized carbons (Fsp3) is 0.900. The van der Waals surface area contributed by atoms with Gasteiger partial charge in [-0.25, -0.2) is 0 Å². The lowest BCUT2D eigenvalue weighted by molar-refractivity contribution is 0.646. The predicted molar refractivity (Wildman–Crippen MR) is 56.1 cm³/mol. The van der Waals surface area contributed by atoms with Gasteiger partial charge in [0.25, 0.3) is 0 Å². The lowest BCUT2D eigenvalue weighted by atomic mass is 10.1. The van der Waals surface area contributed by atoms with Gasteiger partial charge in [0.15, 0.2) is 0 Å². The topological polar surface area (TPSA) is 0 Å². The summed E-state index contributed by atoms with van der Waals surface area (Å²) >= 11 is 3.68. The Bertz CT molecular complexity index is 71.3. The second-order valence-corrected chi connectivity index (χ2v) is 4.31. The van der Waals surface area contributed by atoms with Crippen LogP contribution in [-0.4, -0.2) is 4.83 Å². The summed E-state index contributed by atoms with van der Waals surface area (Å²) in [6, 6.07) is 0. The smallest absolute Gasteiger partial charge is 0.0145 e. The molecule has 0 heterocycles. The van der Waals surface area contributed by atoms with Crippen molar-refractivity contribution in [3.63, 3.8) is 0 Å². The lowest BCUT2D eigenvalue weighted by Gasteiger charge is -2.06. The molecule has 67 valence electrons. The van der Waals surface area contributed by atoms with Gasteiger partial charge in [-0.2, -0.15) is 0 Å². The van der Waals surface area contributed by atoms with Crippen molar-refractivity contribution in [2.45, 2.75) is 57.2 Å². The monoisotopic (exact) mass is 219 g/mol. The Hall–Kier alpha value is 0.480. The van der Waals surface area contributed by atoms with Crippen LogP contribution in [0.3, 0.4) is 0 Å². The molecule has 0 rings (SSSR count). The average molecular weight is 220 g/mol. The quantitative estimate of drug-likeness (QED) is 0.442. The molecule has 1 heteroatoms. The summed E-state index contributed by atoms with van der Waals surface area (Å²) in [5.41, 5.74) is 0. The summed E-state index contributed by atoms with van der Waals surface area (Å²) in [5, 5.41) is 0. The highest BCUT2D eigenvalue weighted by Crippen LogP contribution is 2.15. The van der Waals surface area contributed by atoms with E-state index in [0.29, 0.717) is 0 Å². The maximum Gasteiger partial charge on any atom is 0.0145 e. The van der Waals surface area contributed by atoms with Gasteiger partial charge in [0.05, 0.1) is 0 Å². The van der Waals surface area contributed by atoms with Gasteiger partial charge in [0.1, 0.15) is 0 Å². The molecule has 0 aromatic rings. The zero-order valence-electron chi connectivity index (χ0n) is 7.78. The van der Waals surface area contributed by atoms with Gasteiger partial charge in [-0.05, 0) is 19.3 Å². The first-order valence-electron chi connectivity index (χ1n) is 4.77. The molecule has 0 spiro atoms. The highest BCUT2D eigenvalue weighted by molar-refractivity contribution is 9.09. The van der Waals surface area contributed by atoms with Gasteiger partial charge >= 0.3 is 0 Å². The Morgan fingerprint density at radius 2 is 2.00 bits per heavy atom. The molecule has 1 unspecified atom stereocenters. The van der Waals surface area contributed by atoms with Crippen LogP contribution in [0.4, 0.5) is 0 Å². The van der Waals surface area contributed by atoms with Crippen molar-refractivity contribution in [1.29, 1.82) is 0 Å². The maximum atomic E-state index is 3.68. The fourth-order valence-electron chi connectivity index (χ4n) is 1.15. The van der Waals surface area contributed by atoms with Crippen molar-refractivity contribution in [3.8, 4) is 0 Å². The molecular weight excluding hydrogens is 200 g/mol. The van der Waals surface area contributed by atoms with Crippen molar-refractivity contribution in [1.82, 2.24) is 0 Å². The minimum Gasteiger partial charge on any atom is -0.0891 e. The molecule has 0 nitrogen and oxygen atoms in total. The zero-order valence-corrected chi connectivity index (χ0v) is 9.36. The van der Waals surface area contributed by atoms with Gasteiger partial charge in [0, 0.05) is 4.83 Å². The van der Waals surface area contributed by atoms with Crippen LogP contribution in [0.15, 0.2) is 0 Å². The fourth-order valence-corrected chi connectivity index (χ4v) is 1.93. The van der Waals surface area contributed by atoms with Crippen molar-refractivity contribution >= 4 is 15.9 Å². The van der Waals surface area contributed by atoms with Crippen LogP contribution in [0.1, 0.15) is 52.4 Å². The summed E-state index contributed by atoms with van der Waals surface area (Å²) < 4.78 is 0. The summed E-state index contributed by atoms with van der Waals surface area (Å²) in [6.07, 6.45) is 10.2. The van der Waals surface area contributed by atoms with E-state index in [9.17, 15) is 0 Å². The second-order valence-electron chi connectivity index (χ2n) is 3.01. The van der Waals surface area contributed by atoms with E-state index in [-0.39, 0.29) is 0 Å². The van der Waals surface area contributed by atoms with Crippen molar-refractivity contribution < 1.29 is 0 Å². The normalized spacial score (nSPS) is 13.4. The molecule has 0 bridgehead atoms. The van der Waals surface area contributed by atoms with Gasteiger partial charge < -0.3 is 0 Å². The van der Waals surface area contributed by atoms with Crippen LogP contribution in [0, 0.1) is 6.42 Å². The largest absolute Gasteiger partial charge is 0.0891 e. The molecule has 0 aliphatic heterocycles. The number of halogens is 1. The summed E-state index contributed by atoms with van der Waals surface area (Å²) in [4.78, 5) is 0.762. The molecule has 0 fully saturated rings. The standard InChI is InChI=1S/C10H20Br/c1-3-5-6-7-9-10(11)8-4-2/h5,10H,3-4,6-9H2,1-2H3. The van der Waals surface area contributed by atoms with Crippen molar-refractivity contribution in [3.05, 3.63) is 6.42 Å². The molecule has 0 aliphatic carbocycles. The van der Waals surface area contributed by atoms with E-state index in [1.165, 1.54) is 38.5 Å². The maximum absolute atomic E-state index is 3.68. The number of hydrogen-bond donors (Lipinski definition) is 0. The molecule has 11 heavy (non-hydrogen) atoms. The van der Waals surface area contributed by atoms with Crippen molar-refractivity contribution in [2.75, 3.05) is 0 Å². The molecule has 0 N–H and O–H groups in total. The Balaban J connectivity index is 2.97. The summed E-state index contributed by atoms with van der Waals surface area (Å²) in [6.45, 7) is 4.45. The first-order chi connectivity index (χ1) is 5.31. The minimum atomic E-state index is 0.762. The van der Waals surface area contributed by atoms with Gasteiger partial charge in [-0.15, -0.1) is 0 Å². The van der Waals surface area contributed by atoms with E-state index < -0.39 is 0 Å². The molecule has 1 radical (unpaired) electrons. The second kappa shape index (κ2) is 8.58. The zero-order chi connectivity index (χ0) is 8.53. The Labute approximate surface area is 79.9 Å². The van der Waals surface area contributed by atoms with Crippen LogP contribution in [0.25, 0.3) is 0 Å². The third-order valence-corrected chi connectivity index (χ3v) is 2.73. The van der Waals surface area contributed by atoms with Gasteiger partial charge in [-0.3, -0.25) is 0 Å². The molecule has 1 atom stereocenters. The number of alkyl halides is 1. The third kappa shape index (κ3) is 8.39. The first-order valence-corrected chi connectivity index (χ1v) is 5.68. The molecule has 0 saturated heterocycles. The Kier molecular flexibility index (Phi) is 8.95. The van der Waals surface area contributed by atoms with Crippen LogP contribution >= 0.6 is 15.9 Å². The van der Waals surface area contributed by atoms with Crippen LogP contribution in [0.5, 0.6) is 0 Å². The first kappa shape index (κ1) is 11.5. The van der Waals surface area contributed by atoms with Crippen LogP contribution < -0.4 is 0 Å². The van der Waals surface area contributed by atoms with E-state index in [4.69, 9.17) is 0 Å². The summed E-state index contributed by atoms with van der Waals surface area (Å²) in [7, 11) is 0. The number of rotatable bonds is 7. The van der Waals surface area contributed by atoms with E-state index in [2.05, 4.69) is 36.2 Å². The highest BCUT2D eigenvalue weighted by Gasteiger charge is 2.00. The van der Waals surface area contributed by atoms with E-state index in [1.807, 2.05) is 0 Å². The van der Waals surface area contributed by atoms with Crippen LogP contribution in [0.2, 0.25) is 0 Å². The van der Waals surface area contributed by atoms with Crippen molar-refractivity contribution in [2.24, 2.45) is 0 Å². The number of unbranched alkanes of at least 4 members (excludes halogenated alkanes) is 3. The van der Waals surface area contributed by atoms with Crippen LogP contribution in [-0.2, 0) is 0 Å². The van der Waals surface area contributed by atoms with E-state index in [0.717, 1.165) is 4.83 Å². The highest BCUT2D eigenvalue weighted by atomic mass is 79.9. The molecular formula is C10H20Br. The predicted octanol–water partition coefficient (Wildman–Crippen LogP) is 4.33. The third-order valence-electron chi connectivity index (χ3n) is 1.82. The van der Waals surface area contributed by atoms with E-state index in [1.54, 1.807) is 0 Å². The molecule has 0 aliphatic rings. The number of hydrogen-bond acceptors (Lipinski definition) is 0. The van der Waals surface area contributed by atoms with E-state index >= 15 is 0 Å². The lowest BCUT2D eigenvalue weighted by Crippen LogP contribution is -1.96. The van der Waals surface area contributed by atoms with Gasteiger partial charge in [-0.1, -0.05) is 55.5 Å². The van der Waals surface area contributed by atoms with Gasteiger partial charge in [0.2, 0.25) is 0 Å². The summed E-state index contributed by atoms with van der Waals surface area (Å²) in [5.74, 6) is 0. The Morgan fingerprint density at radius 3 is 2.55 bits per heavy atom. The molecule has 0 saturated carbocycles. The molecule has 0 aromatic heterocycles. The SMILES string of the molecule is CC[CH]CCCC(Br)CCC. The molecule has 0 aromatic carbocycles. The minimum absolute atomic E-state index is 0.762.